The molecule has 21 heavy (non-hydrogen) atoms. The first-order chi connectivity index (χ1) is 10.1. The van der Waals surface area contributed by atoms with E-state index in [1.165, 1.54) is 12.1 Å². The van der Waals surface area contributed by atoms with Crippen LogP contribution in [0.3, 0.4) is 0 Å². The third-order valence-electron chi connectivity index (χ3n) is 3.42. The molecule has 1 N–H and O–H groups in total. The molecule has 0 saturated carbocycles. The number of benzene rings is 2. The Morgan fingerprint density at radius 3 is 2.52 bits per heavy atom. The van der Waals surface area contributed by atoms with Crippen molar-refractivity contribution in [1.29, 1.82) is 0 Å². The third-order valence-corrected chi connectivity index (χ3v) is 3.42. The number of hydrogen-bond donors (Lipinski definition) is 1. The maximum atomic E-state index is 13.3. The van der Waals surface area contributed by atoms with Crippen molar-refractivity contribution in [2.24, 2.45) is 0 Å². The van der Waals surface area contributed by atoms with E-state index in [4.69, 9.17) is 4.74 Å². The summed E-state index contributed by atoms with van der Waals surface area (Å²) in [7, 11) is 0. The second kappa shape index (κ2) is 7.11. The minimum Gasteiger partial charge on any atom is -0.494 e. The van der Waals surface area contributed by atoms with Gasteiger partial charge in [0.05, 0.1) is 6.61 Å². The number of ether oxygens (including phenoxy) is 1. The molecule has 0 fully saturated rings. The lowest BCUT2D eigenvalue weighted by molar-refractivity contribution is 0.317. The van der Waals surface area contributed by atoms with Crippen LogP contribution in [0.4, 0.5) is 10.1 Å². The third kappa shape index (κ3) is 4.22. The molecule has 0 radical (unpaired) electrons. The fraction of sp³-hybridized carbons (Fsp3) is 0.333. The smallest absolute Gasteiger partial charge is 0.125 e. The van der Waals surface area contributed by atoms with Crippen molar-refractivity contribution in [2.75, 3.05) is 11.9 Å². The summed E-state index contributed by atoms with van der Waals surface area (Å²) in [4.78, 5) is 0. The lowest BCUT2D eigenvalue weighted by atomic mass is 10.1. The predicted molar refractivity (Wildman–Crippen MR) is 85.4 cm³/mol. The monoisotopic (exact) mass is 287 g/mol. The van der Waals surface area contributed by atoms with Gasteiger partial charge in [-0.3, -0.25) is 0 Å². The van der Waals surface area contributed by atoms with E-state index in [1.807, 2.05) is 31.2 Å². The Morgan fingerprint density at radius 2 is 1.86 bits per heavy atom. The van der Waals surface area contributed by atoms with Crippen LogP contribution in [0.1, 0.15) is 37.4 Å². The van der Waals surface area contributed by atoms with Crippen molar-refractivity contribution in [3.05, 3.63) is 59.4 Å². The summed E-state index contributed by atoms with van der Waals surface area (Å²) in [5.74, 6) is 0.661. The van der Waals surface area contributed by atoms with Gasteiger partial charge in [0, 0.05) is 11.7 Å². The highest BCUT2D eigenvalue weighted by molar-refractivity contribution is 5.52. The van der Waals surface area contributed by atoms with Crippen molar-refractivity contribution >= 4 is 5.69 Å². The standard InChI is InChI=1S/C18H22FNO/c1-4-11-21-17-9-6-15(7-10-17)14(3)20-18-12-16(19)8-5-13(18)2/h5-10,12,14,20H,4,11H2,1-3H3. The fourth-order valence-electron chi connectivity index (χ4n) is 2.14. The molecule has 0 heterocycles. The predicted octanol–water partition coefficient (Wildman–Crippen LogP) is 5.10. The van der Waals surface area contributed by atoms with Gasteiger partial charge in [-0.2, -0.15) is 0 Å². The van der Waals surface area contributed by atoms with Gasteiger partial charge in [-0.15, -0.1) is 0 Å². The van der Waals surface area contributed by atoms with Gasteiger partial charge in [0.15, 0.2) is 0 Å². The van der Waals surface area contributed by atoms with E-state index in [0.29, 0.717) is 0 Å². The molecule has 0 spiro atoms. The molecule has 0 bridgehead atoms. The minimum absolute atomic E-state index is 0.103. The van der Waals surface area contributed by atoms with Crippen LogP contribution in [-0.2, 0) is 0 Å². The molecule has 0 aliphatic carbocycles. The van der Waals surface area contributed by atoms with Crippen LogP contribution >= 0.6 is 0 Å². The highest BCUT2D eigenvalue weighted by Crippen LogP contribution is 2.24. The van der Waals surface area contributed by atoms with Crippen molar-refractivity contribution in [1.82, 2.24) is 0 Å². The van der Waals surface area contributed by atoms with Crippen molar-refractivity contribution in [2.45, 2.75) is 33.2 Å². The summed E-state index contributed by atoms with van der Waals surface area (Å²) >= 11 is 0. The number of nitrogens with one attached hydrogen (secondary N) is 1. The van der Waals surface area contributed by atoms with Gasteiger partial charge in [-0.05, 0) is 55.7 Å². The first-order valence-corrected chi connectivity index (χ1v) is 7.35. The number of halogens is 1. The van der Waals surface area contributed by atoms with E-state index in [1.54, 1.807) is 6.07 Å². The van der Waals surface area contributed by atoms with Gasteiger partial charge in [0.2, 0.25) is 0 Å². The molecule has 0 amide bonds. The summed E-state index contributed by atoms with van der Waals surface area (Å²) in [6.45, 7) is 6.85. The molecule has 2 aromatic carbocycles. The van der Waals surface area contributed by atoms with E-state index in [2.05, 4.69) is 19.2 Å². The summed E-state index contributed by atoms with van der Waals surface area (Å²) in [5, 5.41) is 3.35. The zero-order chi connectivity index (χ0) is 15.2. The Hall–Kier alpha value is -2.03. The summed E-state index contributed by atoms with van der Waals surface area (Å²) in [6.07, 6.45) is 0.999. The average molecular weight is 287 g/mol. The van der Waals surface area contributed by atoms with Crippen LogP contribution in [0.15, 0.2) is 42.5 Å². The summed E-state index contributed by atoms with van der Waals surface area (Å²) in [5.41, 5.74) is 3.00. The molecule has 112 valence electrons. The molecule has 1 atom stereocenters. The minimum atomic E-state index is -0.224. The topological polar surface area (TPSA) is 21.3 Å². The van der Waals surface area contributed by atoms with Gasteiger partial charge in [-0.25, -0.2) is 4.39 Å². The molecule has 2 aromatic rings. The molecule has 2 rings (SSSR count). The van der Waals surface area contributed by atoms with Gasteiger partial charge < -0.3 is 10.1 Å². The lowest BCUT2D eigenvalue weighted by Crippen LogP contribution is -2.08. The second-order valence-electron chi connectivity index (χ2n) is 5.24. The SMILES string of the molecule is CCCOc1ccc(C(C)Nc2cc(F)ccc2C)cc1. The van der Waals surface area contributed by atoms with Crippen LogP contribution < -0.4 is 10.1 Å². The van der Waals surface area contributed by atoms with Crippen molar-refractivity contribution in [3.63, 3.8) is 0 Å². The van der Waals surface area contributed by atoms with E-state index in [9.17, 15) is 4.39 Å². The number of anilines is 1. The normalized spacial score (nSPS) is 12.0. The summed E-state index contributed by atoms with van der Waals surface area (Å²) < 4.78 is 18.9. The largest absolute Gasteiger partial charge is 0.494 e. The van der Waals surface area contributed by atoms with Crippen LogP contribution in [0, 0.1) is 12.7 Å². The maximum absolute atomic E-state index is 13.3. The lowest BCUT2D eigenvalue weighted by Gasteiger charge is -2.18. The van der Waals surface area contributed by atoms with E-state index >= 15 is 0 Å². The molecular formula is C18H22FNO. The number of aryl methyl sites for hydroxylation is 1. The Labute approximate surface area is 126 Å². The van der Waals surface area contributed by atoms with Crippen LogP contribution in [0.25, 0.3) is 0 Å². The Balaban J connectivity index is 2.05. The number of hydrogen-bond acceptors (Lipinski definition) is 2. The molecule has 0 aromatic heterocycles. The molecule has 3 heteroatoms. The van der Waals surface area contributed by atoms with Crippen LogP contribution in [0.5, 0.6) is 5.75 Å². The van der Waals surface area contributed by atoms with Gasteiger partial charge in [-0.1, -0.05) is 25.1 Å². The second-order valence-corrected chi connectivity index (χ2v) is 5.24. The Kier molecular flexibility index (Phi) is 5.20. The first-order valence-electron chi connectivity index (χ1n) is 7.35. The molecule has 0 aliphatic heterocycles. The Morgan fingerprint density at radius 1 is 1.14 bits per heavy atom. The summed E-state index contributed by atoms with van der Waals surface area (Å²) in [6, 6.07) is 12.9. The van der Waals surface area contributed by atoms with Gasteiger partial charge >= 0.3 is 0 Å². The zero-order valence-electron chi connectivity index (χ0n) is 12.8. The van der Waals surface area contributed by atoms with E-state index in [-0.39, 0.29) is 11.9 Å². The Bertz CT molecular complexity index is 580. The van der Waals surface area contributed by atoms with Gasteiger partial charge in [0.1, 0.15) is 11.6 Å². The van der Waals surface area contributed by atoms with E-state index < -0.39 is 0 Å². The maximum Gasteiger partial charge on any atom is 0.125 e. The molecule has 1 unspecified atom stereocenters. The highest BCUT2D eigenvalue weighted by atomic mass is 19.1. The van der Waals surface area contributed by atoms with Crippen LogP contribution in [-0.4, -0.2) is 6.61 Å². The quantitative estimate of drug-likeness (QED) is 0.798. The van der Waals surface area contributed by atoms with Crippen molar-refractivity contribution < 1.29 is 9.13 Å². The molecule has 0 saturated heterocycles. The first kappa shape index (κ1) is 15.4. The molecular weight excluding hydrogens is 265 g/mol. The molecule has 0 aliphatic rings. The van der Waals surface area contributed by atoms with Crippen LogP contribution in [0.2, 0.25) is 0 Å². The highest BCUT2D eigenvalue weighted by Gasteiger charge is 2.08. The van der Waals surface area contributed by atoms with Gasteiger partial charge in [0.25, 0.3) is 0 Å². The fourth-order valence-corrected chi connectivity index (χ4v) is 2.14. The molecule has 2 nitrogen and oxygen atoms in total. The van der Waals surface area contributed by atoms with Crippen molar-refractivity contribution in [3.8, 4) is 5.75 Å². The average Bonchev–Trinajstić information content (AvgIpc) is 2.49. The van der Waals surface area contributed by atoms with E-state index in [0.717, 1.165) is 35.6 Å². The zero-order valence-corrected chi connectivity index (χ0v) is 12.8. The number of rotatable bonds is 6.